The van der Waals surface area contributed by atoms with E-state index >= 15 is 0 Å². The average Bonchev–Trinajstić information content (AvgIpc) is 2.78. The maximum absolute atomic E-state index is 11.8. The number of benzene rings is 1. The molecule has 0 amide bonds. The van der Waals surface area contributed by atoms with Gasteiger partial charge in [0.05, 0.1) is 21.7 Å². The highest BCUT2D eigenvalue weighted by atomic mass is 35.5. The van der Waals surface area contributed by atoms with Gasteiger partial charge in [-0.3, -0.25) is 4.31 Å². The molecule has 0 aliphatic carbocycles. The number of fused-ring (bicyclic) bond motifs is 1. The van der Waals surface area contributed by atoms with Gasteiger partial charge in [0.1, 0.15) is 0 Å². The lowest BCUT2D eigenvalue weighted by Crippen LogP contribution is -2.24. The predicted octanol–water partition coefficient (Wildman–Crippen LogP) is 2.49. The molecule has 1 aliphatic rings. The fourth-order valence-electron chi connectivity index (χ4n) is 1.97. The third kappa shape index (κ3) is 1.90. The molecule has 90 valence electrons. The molecule has 1 fully saturated rings. The molecule has 1 aliphatic heterocycles. The molecule has 0 atom stereocenters. The van der Waals surface area contributed by atoms with Crippen molar-refractivity contribution in [1.29, 1.82) is 0 Å². The van der Waals surface area contributed by atoms with Gasteiger partial charge in [-0.1, -0.05) is 11.6 Å². The van der Waals surface area contributed by atoms with Gasteiger partial charge >= 0.3 is 0 Å². The van der Waals surface area contributed by atoms with Crippen LogP contribution in [-0.4, -0.2) is 25.7 Å². The van der Waals surface area contributed by atoms with E-state index in [0.717, 1.165) is 10.2 Å². The Morgan fingerprint density at radius 3 is 2.94 bits per heavy atom. The Morgan fingerprint density at radius 1 is 1.41 bits per heavy atom. The van der Waals surface area contributed by atoms with Crippen molar-refractivity contribution in [3.05, 3.63) is 22.7 Å². The minimum absolute atomic E-state index is 0.225. The first-order valence-electron chi connectivity index (χ1n) is 5.13. The highest BCUT2D eigenvalue weighted by Gasteiger charge is 2.28. The third-order valence-corrected chi connectivity index (χ3v) is 5.74. The lowest BCUT2D eigenvalue weighted by atomic mass is 10.3. The van der Waals surface area contributed by atoms with Gasteiger partial charge in [0, 0.05) is 6.54 Å². The van der Waals surface area contributed by atoms with E-state index in [0.29, 0.717) is 23.1 Å². The number of anilines is 1. The lowest BCUT2D eigenvalue weighted by Gasteiger charge is -2.16. The van der Waals surface area contributed by atoms with Crippen LogP contribution >= 0.6 is 22.9 Å². The van der Waals surface area contributed by atoms with Crippen molar-refractivity contribution in [3.63, 3.8) is 0 Å². The summed E-state index contributed by atoms with van der Waals surface area (Å²) in [5.41, 5.74) is 1.43. The van der Waals surface area contributed by atoms with Gasteiger partial charge in [-0.25, -0.2) is 13.4 Å². The second kappa shape index (κ2) is 3.83. The van der Waals surface area contributed by atoms with Crippen LogP contribution in [-0.2, 0) is 10.0 Å². The van der Waals surface area contributed by atoms with Crippen LogP contribution in [0.5, 0.6) is 0 Å². The summed E-state index contributed by atoms with van der Waals surface area (Å²) in [5, 5.41) is 0. The number of hydrogen-bond acceptors (Lipinski definition) is 4. The van der Waals surface area contributed by atoms with E-state index in [9.17, 15) is 8.42 Å². The first-order valence-corrected chi connectivity index (χ1v) is 7.93. The first-order chi connectivity index (χ1) is 8.06. The highest BCUT2D eigenvalue weighted by molar-refractivity contribution is 7.93. The Bertz CT molecular complexity index is 681. The molecule has 0 saturated carbocycles. The van der Waals surface area contributed by atoms with Crippen molar-refractivity contribution in [2.45, 2.75) is 6.42 Å². The fraction of sp³-hybridized carbons (Fsp3) is 0.300. The van der Waals surface area contributed by atoms with E-state index in [2.05, 4.69) is 4.98 Å². The van der Waals surface area contributed by atoms with Crippen LogP contribution in [0.3, 0.4) is 0 Å². The van der Waals surface area contributed by atoms with Crippen LogP contribution in [0.4, 0.5) is 5.69 Å². The number of aromatic nitrogens is 1. The summed E-state index contributed by atoms with van der Waals surface area (Å²) in [5.74, 6) is 0.225. The van der Waals surface area contributed by atoms with Gasteiger partial charge in [-0.05, 0) is 24.6 Å². The topological polar surface area (TPSA) is 50.3 Å². The summed E-state index contributed by atoms with van der Waals surface area (Å²) in [4.78, 5) is 4.16. The van der Waals surface area contributed by atoms with Gasteiger partial charge in [-0.2, -0.15) is 0 Å². The van der Waals surface area contributed by atoms with E-state index in [1.807, 2.05) is 6.07 Å². The molecule has 1 aromatic carbocycles. The van der Waals surface area contributed by atoms with Gasteiger partial charge in [0.25, 0.3) is 0 Å². The predicted molar refractivity (Wildman–Crippen MR) is 70.4 cm³/mol. The monoisotopic (exact) mass is 288 g/mol. The maximum Gasteiger partial charge on any atom is 0.235 e. The molecular formula is C10H9ClN2O2S2. The summed E-state index contributed by atoms with van der Waals surface area (Å²) in [6.45, 7) is 0.547. The smallest absolute Gasteiger partial charge is 0.235 e. The van der Waals surface area contributed by atoms with Crippen molar-refractivity contribution in [2.24, 2.45) is 0 Å². The Morgan fingerprint density at radius 2 is 2.24 bits per heavy atom. The molecular weight excluding hydrogens is 280 g/mol. The summed E-state index contributed by atoms with van der Waals surface area (Å²) >= 11 is 7.22. The molecule has 3 rings (SSSR count). The van der Waals surface area contributed by atoms with Crippen molar-refractivity contribution in [2.75, 3.05) is 16.6 Å². The van der Waals surface area contributed by atoms with Gasteiger partial charge in [0.15, 0.2) is 4.47 Å². The molecule has 1 aromatic heterocycles. The Balaban J connectivity index is 2.12. The molecule has 0 unspecified atom stereocenters. The number of halogens is 1. The van der Waals surface area contributed by atoms with E-state index in [-0.39, 0.29) is 5.75 Å². The van der Waals surface area contributed by atoms with Crippen molar-refractivity contribution in [1.82, 2.24) is 4.98 Å². The van der Waals surface area contributed by atoms with Gasteiger partial charge < -0.3 is 0 Å². The Hall–Kier alpha value is -0.850. The van der Waals surface area contributed by atoms with Crippen LogP contribution in [0.2, 0.25) is 4.47 Å². The molecule has 7 heteroatoms. The number of sulfonamides is 1. The highest BCUT2D eigenvalue weighted by Crippen LogP contribution is 2.31. The number of thiazole rings is 1. The SMILES string of the molecule is O=S1(=O)CCCN1c1ccc2sc(Cl)nc2c1. The summed E-state index contributed by atoms with van der Waals surface area (Å²) < 4.78 is 26.5. The van der Waals surface area contributed by atoms with Crippen molar-refractivity contribution < 1.29 is 8.42 Å². The Labute approximate surface area is 108 Å². The van der Waals surface area contributed by atoms with Crippen molar-refractivity contribution >= 4 is 48.9 Å². The number of nitrogens with zero attached hydrogens (tertiary/aromatic N) is 2. The Kier molecular flexibility index (Phi) is 2.53. The minimum atomic E-state index is -3.13. The third-order valence-electron chi connectivity index (χ3n) is 2.73. The first kappa shape index (κ1) is 11.3. The zero-order valence-corrected chi connectivity index (χ0v) is 11.1. The van der Waals surface area contributed by atoms with Crippen LogP contribution in [0.25, 0.3) is 10.2 Å². The molecule has 1 saturated heterocycles. The summed E-state index contributed by atoms with van der Waals surface area (Å²) in [6.07, 6.45) is 0.679. The molecule has 0 spiro atoms. The van der Waals surface area contributed by atoms with Crippen LogP contribution in [0, 0.1) is 0 Å². The number of rotatable bonds is 1. The fourth-order valence-corrected chi connectivity index (χ4v) is 4.54. The lowest BCUT2D eigenvalue weighted by molar-refractivity contribution is 0.599. The van der Waals surface area contributed by atoms with E-state index < -0.39 is 10.0 Å². The zero-order valence-electron chi connectivity index (χ0n) is 8.76. The molecule has 4 nitrogen and oxygen atoms in total. The van der Waals surface area contributed by atoms with E-state index in [1.54, 1.807) is 12.1 Å². The van der Waals surface area contributed by atoms with Crippen molar-refractivity contribution in [3.8, 4) is 0 Å². The molecule has 0 N–H and O–H groups in total. The largest absolute Gasteiger partial charge is 0.270 e. The summed E-state index contributed by atoms with van der Waals surface area (Å²) in [6, 6.07) is 5.45. The van der Waals surface area contributed by atoms with Gasteiger partial charge in [0.2, 0.25) is 10.0 Å². The maximum atomic E-state index is 11.8. The zero-order chi connectivity index (χ0) is 12.0. The van der Waals surface area contributed by atoms with E-state index in [4.69, 9.17) is 11.6 Å². The molecule has 2 heterocycles. The van der Waals surface area contributed by atoms with Gasteiger partial charge in [-0.15, -0.1) is 11.3 Å². The second-order valence-corrected chi connectivity index (χ2v) is 7.49. The molecule has 0 radical (unpaired) electrons. The summed E-state index contributed by atoms with van der Waals surface area (Å²) in [7, 11) is -3.13. The average molecular weight is 289 g/mol. The molecule has 0 bridgehead atoms. The van der Waals surface area contributed by atoms with E-state index in [1.165, 1.54) is 15.6 Å². The molecule has 2 aromatic rings. The number of hydrogen-bond donors (Lipinski definition) is 0. The normalized spacial score (nSPS) is 19.0. The quantitative estimate of drug-likeness (QED) is 0.810. The van der Waals surface area contributed by atoms with Crippen LogP contribution in [0.15, 0.2) is 18.2 Å². The van der Waals surface area contributed by atoms with Crippen LogP contribution < -0.4 is 4.31 Å². The molecule has 17 heavy (non-hydrogen) atoms. The second-order valence-electron chi connectivity index (χ2n) is 3.86. The standard InChI is InChI=1S/C10H9ClN2O2S2/c11-10-12-8-6-7(2-3-9(8)16-10)13-4-1-5-17(13,14)15/h2-3,6H,1,4-5H2. The van der Waals surface area contributed by atoms with Crippen LogP contribution in [0.1, 0.15) is 6.42 Å². The minimum Gasteiger partial charge on any atom is -0.270 e.